The molecular formula is C15H24N2O. The largest absolute Gasteiger partial charge is 0.372 e. The number of hydrogen-bond donors (Lipinski definition) is 1. The lowest BCUT2D eigenvalue weighted by molar-refractivity contribution is 0.0214. The minimum Gasteiger partial charge on any atom is -0.372 e. The zero-order valence-corrected chi connectivity index (χ0v) is 11.6. The quantitative estimate of drug-likeness (QED) is 0.805. The van der Waals surface area contributed by atoms with Crippen LogP contribution in [0.15, 0.2) is 18.3 Å². The summed E-state index contributed by atoms with van der Waals surface area (Å²) in [7, 11) is 0. The van der Waals surface area contributed by atoms with Gasteiger partial charge < -0.3 is 10.1 Å². The fourth-order valence-corrected chi connectivity index (χ4v) is 1.71. The van der Waals surface area contributed by atoms with Crippen LogP contribution in [0.1, 0.15) is 44.9 Å². The molecular weight excluding hydrogens is 224 g/mol. The van der Waals surface area contributed by atoms with Gasteiger partial charge in [0.1, 0.15) is 0 Å². The molecule has 1 saturated carbocycles. The minimum atomic E-state index is 0.274. The highest BCUT2D eigenvalue weighted by atomic mass is 16.5. The van der Waals surface area contributed by atoms with Crippen molar-refractivity contribution in [3.63, 3.8) is 0 Å². The normalized spacial score (nSPS) is 17.1. The van der Waals surface area contributed by atoms with E-state index in [1.807, 2.05) is 12.3 Å². The summed E-state index contributed by atoms with van der Waals surface area (Å²) in [5.41, 5.74) is 2.33. The van der Waals surface area contributed by atoms with Gasteiger partial charge in [-0.15, -0.1) is 0 Å². The summed E-state index contributed by atoms with van der Waals surface area (Å²) >= 11 is 0. The van der Waals surface area contributed by atoms with Crippen molar-refractivity contribution in [3.05, 3.63) is 29.6 Å². The van der Waals surface area contributed by atoms with Crippen molar-refractivity contribution in [1.29, 1.82) is 0 Å². The summed E-state index contributed by atoms with van der Waals surface area (Å²) in [5, 5.41) is 3.53. The number of aromatic nitrogens is 1. The number of nitrogens with one attached hydrogen (secondary N) is 1. The standard InChI is InChI=1S/C15H24N2O/c1-11(2)12(3)18-10-15-13(5-4-8-16-15)9-17-14-6-7-14/h4-5,8,11-12,14,17H,6-7,9-10H2,1-3H3. The third kappa shape index (κ3) is 4.07. The Kier molecular flexibility index (Phi) is 4.72. The molecule has 1 N–H and O–H groups in total. The maximum atomic E-state index is 5.86. The second-order valence-corrected chi connectivity index (χ2v) is 5.52. The van der Waals surface area contributed by atoms with Crippen LogP contribution < -0.4 is 5.32 Å². The fraction of sp³-hybridized carbons (Fsp3) is 0.667. The number of hydrogen-bond acceptors (Lipinski definition) is 3. The van der Waals surface area contributed by atoms with Gasteiger partial charge in [0, 0.05) is 18.8 Å². The summed E-state index contributed by atoms with van der Waals surface area (Å²) in [6.07, 6.45) is 4.75. The van der Waals surface area contributed by atoms with Crippen LogP contribution in [0, 0.1) is 5.92 Å². The van der Waals surface area contributed by atoms with Crippen molar-refractivity contribution in [2.24, 2.45) is 5.92 Å². The Hall–Kier alpha value is -0.930. The lowest BCUT2D eigenvalue weighted by Crippen LogP contribution is -2.19. The van der Waals surface area contributed by atoms with E-state index in [0.717, 1.165) is 18.3 Å². The van der Waals surface area contributed by atoms with Gasteiger partial charge >= 0.3 is 0 Å². The molecule has 1 aromatic heterocycles. The van der Waals surface area contributed by atoms with Crippen molar-refractivity contribution in [1.82, 2.24) is 10.3 Å². The van der Waals surface area contributed by atoms with E-state index in [4.69, 9.17) is 4.74 Å². The van der Waals surface area contributed by atoms with Crippen LogP contribution in [-0.2, 0) is 17.9 Å². The van der Waals surface area contributed by atoms with Crippen molar-refractivity contribution in [2.75, 3.05) is 0 Å². The molecule has 1 aliphatic carbocycles. The molecule has 0 bridgehead atoms. The summed E-state index contributed by atoms with van der Waals surface area (Å²) in [6, 6.07) is 4.87. The summed E-state index contributed by atoms with van der Waals surface area (Å²) in [6.45, 7) is 8.00. The van der Waals surface area contributed by atoms with Crippen molar-refractivity contribution >= 4 is 0 Å². The molecule has 0 radical (unpaired) electrons. The predicted molar refractivity (Wildman–Crippen MR) is 73.2 cm³/mol. The number of nitrogens with zero attached hydrogens (tertiary/aromatic N) is 1. The topological polar surface area (TPSA) is 34.1 Å². The SMILES string of the molecule is CC(C)C(C)OCc1ncccc1CNC1CC1. The van der Waals surface area contributed by atoms with E-state index in [2.05, 4.69) is 37.1 Å². The first kappa shape index (κ1) is 13.5. The molecule has 1 aliphatic rings. The van der Waals surface area contributed by atoms with Gasteiger partial charge in [0.15, 0.2) is 0 Å². The number of rotatable bonds is 7. The van der Waals surface area contributed by atoms with Crippen LogP contribution in [0.5, 0.6) is 0 Å². The molecule has 1 fully saturated rings. The van der Waals surface area contributed by atoms with Crippen LogP contribution in [0.4, 0.5) is 0 Å². The highest BCUT2D eigenvalue weighted by Crippen LogP contribution is 2.20. The fourth-order valence-electron chi connectivity index (χ4n) is 1.71. The van der Waals surface area contributed by atoms with E-state index in [1.165, 1.54) is 18.4 Å². The highest BCUT2D eigenvalue weighted by molar-refractivity contribution is 5.19. The molecule has 1 atom stereocenters. The summed E-state index contributed by atoms with van der Waals surface area (Å²) < 4.78 is 5.86. The first-order chi connectivity index (χ1) is 8.66. The molecule has 1 aromatic rings. The second-order valence-electron chi connectivity index (χ2n) is 5.52. The molecule has 0 aromatic carbocycles. The highest BCUT2D eigenvalue weighted by Gasteiger charge is 2.20. The third-order valence-electron chi connectivity index (χ3n) is 3.56. The zero-order chi connectivity index (χ0) is 13.0. The van der Waals surface area contributed by atoms with Gasteiger partial charge in [0.2, 0.25) is 0 Å². The molecule has 1 heterocycles. The Balaban J connectivity index is 1.89. The van der Waals surface area contributed by atoms with E-state index >= 15 is 0 Å². The lowest BCUT2D eigenvalue weighted by atomic mass is 10.1. The van der Waals surface area contributed by atoms with E-state index in [9.17, 15) is 0 Å². The zero-order valence-electron chi connectivity index (χ0n) is 11.6. The molecule has 1 unspecified atom stereocenters. The van der Waals surface area contributed by atoms with Crippen molar-refractivity contribution < 1.29 is 4.74 Å². The summed E-state index contributed by atoms with van der Waals surface area (Å²) in [4.78, 5) is 4.44. The van der Waals surface area contributed by atoms with E-state index in [1.54, 1.807) is 0 Å². The van der Waals surface area contributed by atoms with Crippen LogP contribution in [-0.4, -0.2) is 17.1 Å². The molecule has 2 rings (SSSR count). The monoisotopic (exact) mass is 248 g/mol. The maximum absolute atomic E-state index is 5.86. The lowest BCUT2D eigenvalue weighted by Gasteiger charge is -2.17. The Morgan fingerprint density at radius 1 is 1.39 bits per heavy atom. The molecule has 100 valence electrons. The minimum absolute atomic E-state index is 0.274. The van der Waals surface area contributed by atoms with Crippen LogP contribution in [0.2, 0.25) is 0 Å². The molecule has 0 saturated heterocycles. The van der Waals surface area contributed by atoms with Gasteiger partial charge in [-0.25, -0.2) is 0 Å². The van der Waals surface area contributed by atoms with Crippen molar-refractivity contribution in [2.45, 2.75) is 58.9 Å². The number of ether oxygens (including phenoxy) is 1. The van der Waals surface area contributed by atoms with Gasteiger partial charge in [-0.2, -0.15) is 0 Å². The average Bonchev–Trinajstić information content (AvgIpc) is 3.18. The van der Waals surface area contributed by atoms with Crippen LogP contribution in [0.3, 0.4) is 0 Å². The van der Waals surface area contributed by atoms with Gasteiger partial charge in [-0.1, -0.05) is 19.9 Å². The Bertz CT molecular complexity index is 375. The Labute approximate surface area is 110 Å². The molecule has 3 nitrogen and oxygen atoms in total. The smallest absolute Gasteiger partial charge is 0.0894 e. The van der Waals surface area contributed by atoms with Gasteiger partial charge in [0.25, 0.3) is 0 Å². The molecule has 3 heteroatoms. The maximum Gasteiger partial charge on any atom is 0.0894 e. The van der Waals surface area contributed by atoms with E-state index in [-0.39, 0.29) is 6.10 Å². The molecule has 0 aliphatic heterocycles. The van der Waals surface area contributed by atoms with Gasteiger partial charge in [-0.05, 0) is 37.3 Å². The molecule has 18 heavy (non-hydrogen) atoms. The number of pyridine rings is 1. The average molecular weight is 248 g/mol. The van der Waals surface area contributed by atoms with Gasteiger partial charge in [0.05, 0.1) is 18.4 Å². The first-order valence-electron chi connectivity index (χ1n) is 6.94. The predicted octanol–water partition coefficient (Wildman–Crippen LogP) is 2.89. The van der Waals surface area contributed by atoms with Crippen LogP contribution in [0.25, 0.3) is 0 Å². The molecule has 0 spiro atoms. The van der Waals surface area contributed by atoms with Gasteiger partial charge in [-0.3, -0.25) is 4.98 Å². The van der Waals surface area contributed by atoms with E-state index < -0.39 is 0 Å². The van der Waals surface area contributed by atoms with Crippen molar-refractivity contribution in [3.8, 4) is 0 Å². The Morgan fingerprint density at radius 3 is 2.83 bits per heavy atom. The Morgan fingerprint density at radius 2 is 2.17 bits per heavy atom. The summed E-state index contributed by atoms with van der Waals surface area (Å²) in [5.74, 6) is 0.543. The van der Waals surface area contributed by atoms with Crippen LogP contribution >= 0.6 is 0 Å². The third-order valence-corrected chi connectivity index (χ3v) is 3.56. The van der Waals surface area contributed by atoms with E-state index in [0.29, 0.717) is 12.5 Å². The molecule has 0 amide bonds. The second kappa shape index (κ2) is 6.30. The first-order valence-corrected chi connectivity index (χ1v) is 6.94.